The molecule has 0 fully saturated rings. The van der Waals surface area contributed by atoms with E-state index in [9.17, 15) is 31.1 Å². The molecule has 0 unspecified atom stereocenters. The van der Waals surface area contributed by atoms with Crippen molar-refractivity contribution in [1.82, 2.24) is 4.90 Å². The van der Waals surface area contributed by atoms with E-state index in [1.807, 2.05) is 13.8 Å². The van der Waals surface area contributed by atoms with E-state index in [4.69, 9.17) is 0 Å². The first kappa shape index (κ1) is 20.3. The van der Waals surface area contributed by atoms with Gasteiger partial charge in [-0.3, -0.25) is 4.79 Å². The Bertz CT molecular complexity index is 463. The second kappa shape index (κ2) is 7.51. The number of amides is 1. The van der Waals surface area contributed by atoms with Crippen LogP contribution in [0.3, 0.4) is 0 Å². The zero-order valence-electron chi connectivity index (χ0n) is 12.5. The molecule has 22 heavy (non-hydrogen) atoms. The van der Waals surface area contributed by atoms with Crippen LogP contribution in [-0.4, -0.2) is 18.4 Å². The summed E-state index contributed by atoms with van der Waals surface area (Å²) in [5.74, 6) is 0. The van der Waals surface area contributed by atoms with Gasteiger partial charge in [-0.25, -0.2) is 0 Å². The van der Waals surface area contributed by atoms with E-state index in [2.05, 4.69) is 0 Å². The summed E-state index contributed by atoms with van der Waals surface area (Å²) in [7, 11) is 1.27. The fourth-order valence-electron chi connectivity index (χ4n) is 1.55. The first-order valence-corrected chi connectivity index (χ1v) is 6.43. The second-order valence-electron chi connectivity index (χ2n) is 4.29. The highest BCUT2D eigenvalue weighted by molar-refractivity contribution is 5.48. The zero-order chi connectivity index (χ0) is 17.7. The fourth-order valence-corrected chi connectivity index (χ4v) is 1.55. The van der Waals surface area contributed by atoms with Gasteiger partial charge < -0.3 is 4.90 Å². The molecule has 2 nitrogen and oxygen atoms in total. The molecule has 0 radical (unpaired) electrons. The highest BCUT2D eigenvalue weighted by atomic mass is 19.4. The van der Waals surface area contributed by atoms with E-state index in [-0.39, 0.29) is 11.6 Å². The van der Waals surface area contributed by atoms with Gasteiger partial charge in [-0.05, 0) is 30.7 Å². The largest absolute Gasteiger partial charge is 0.416 e. The van der Waals surface area contributed by atoms with Gasteiger partial charge in [0.2, 0.25) is 6.41 Å². The molecular weight excluding hydrogens is 312 g/mol. The number of benzene rings is 1. The first-order valence-electron chi connectivity index (χ1n) is 6.43. The molecule has 0 aliphatic rings. The molecule has 1 atom stereocenters. The minimum Gasteiger partial charge on any atom is -0.342 e. The Morgan fingerprint density at radius 1 is 0.955 bits per heavy atom. The van der Waals surface area contributed by atoms with Crippen molar-refractivity contribution in [1.29, 1.82) is 0 Å². The number of nitrogens with zero attached hydrogens (tertiary/aromatic N) is 1. The number of carbonyl (C=O) groups excluding carboxylic acids is 1. The van der Waals surface area contributed by atoms with Crippen LogP contribution in [0.2, 0.25) is 0 Å². The molecule has 0 spiro atoms. The van der Waals surface area contributed by atoms with Crippen LogP contribution in [0.5, 0.6) is 0 Å². The van der Waals surface area contributed by atoms with Crippen molar-refractivity contribution >= 4 is 6.41 Å². The number of carbonyl (C=O) groups is 1. The maximum absolute atomic E-state index is 12.6. The summed E-state index contributed by atoms with van der Waals surface area (Å²) in [5.41, 5.74) is -3.02. The van der Waals surface area contributed by atoms with Crippen molar-refractivity contribution in [2.45, 2.75) is 39.2 Å². The average molecular weight is 329 g/mol. The number of rotatable bonds is 3. The van der Waals surface area contributed by atoms with Crippen molar-refractivity contribution in [2.75, 3.05) is 7.05 Å². The van der Waals surface area contributed by atoms with Gasteiger partial charge >= 0.3 is 12.4 Å². The van der Waals surface area contributed by atoms with E-state index >= 15 is 0 Å². The summed E-state index contributed by atoms with van der Waals surface area (Å²) >= 11 is 0. The number of alkyl halides is 6. The lowest BCUT2D eigenvalue weighted by Crippen LogP contribution is -2.22. The van der Waals surface area contributed by atoms with Gasteiger partial charge in [0.15, 0.2) is 0 Å². The second-order valence-corrected chi connectivity index (χ2v) is 4.29. The minimum absolute atomic E-state index is 0.0527. The lowest BCUT2D eigenvalue weighted by molar-refractivity contribution is -0.143. The molecule has 126 valence electrons. The monoisotopic (exact) mass is 329 g/mol. The molecule has 0 bridgehead atoms. The number of hydrogen-bond donors (Lipinski definition) is 0. The Balaban J connectivity index is 0.00000211. The van der Waals surface area contributed by atoms with Crippen LogP contribution in [-0.2, 0) is 17.1 Å². The summed E-state index contributed by atoms with van der Waals surface area (Å²) < 4.78 is 75.8. The predicted molar refractivity (Wildman–Crippen MR) is 70.0 cm³/mol. The molecule has 1 amide bonds. The molecule has 0 aromatic heterocycles. The fraction of sp³-hybridized carbons (Fsp3) is 0.500. The van der Waals surface area contributed by atoms with Crippen molar-refractivity contribution in [3.05, 3.63) is 34.9 Å². The predicted octanol–water partition coefficient (Wildman–Crippen LogP) is 4.90. The summed E-state index contributed by atoms with van der Waals surface area (Å²) in [5, 5.41) is 0. The zero-order valence-corrected chi connectivity index (χ0v) is 12.5. The third-order valence-electron chi connectivity index (χ3n) is 2.87. The normalized spacial score (nSPS) is 13.0. The van der Waals surface area contributed by atoms with E-state index in [0.29, 0.717) is 18.5 Å². The molecule has 0 heterocycles. The highest BCUT2D eigenvalue weighted by Crippen LogP contribution is 2.37. The van der Waals surface area contributed by atoms with Gasteiger partial charge in [0.05, 0.1) is 17.2 Å². The summed E-state index contributed by atoms with van der Waals surface area (Å²) in [6.07, 6.45) is -9.46. The molecule has 8 heteroatoms. The van der Waals surface area contributed by atoms with Crippen LogP contribution in [0.15, 0.2) is 18.2 Å². The molecular formula is C14H17F6NO. The van der Waals surface area contributed by atoms with E-state index in [1.165, 1.54) is 14.0 Å². The van der Waals surface area contributed by atoms with Gasteiger partial charge in [-0.1, -0.05) is 13.8 Å². The van der Waals surface area contributed by atoms with Gasteiger partial charge in [-0.15, -0.1) is 0 Å². The Kier molecular flexibility index (Phi) is 6.92. The van der Waals surface area contributed by atoms with Gasteiger partial charge in [0.25, 0.3) is 0 Å². The van der Waals surface area contributed by atoms with Crippen LogP contribution < -0.4 is 0 Å². The van der Waals surface area contributed by atoms with Crippen LogP contribution >= 0.6 is 0 Å². The maximum atomic E-state index is 12.6. The van der Waals surface area contributed by atoms with E-state index < -0.39 is 29.5 Å². The summed E-state index contributed by atoms with van der Waals surface area (Å²) in [6, 6.07) is 0.368. The van der Waals surface area contributed by atoms with Crippen molar-refractivity contribution < 1.29 is 31.1 Å². The third kappa shape index (κ3) is 5.23. The third-order valence-corrected chi connectivity index (χ3v) is 2.87. The van der Waals surface area contributed by atoms with Crippen molar-refractivity contribution in [3.8, 4) is 0 Å². The van der Waals surface area contributed by atoms with Crippen molar-refractivity contribution in [2.24, 2.45) is 0 Å². The van der Waals surface area contributed by atoms with Crippen LogP contribution in [0.25, 0.3) is 0 Å². The SMILES string of the molecule is CC.C[C@H](c1cc(C(F)(F)F)cc(C(F)(F)F)c1)N(C)C=O. The molecule has 1 rings (SSSR count). The van der Waals surface area contributed by atoms with Crippen LogP contribution in [0, 0.1) is 0 Å². The van der Waals surface area contributed by atoms with Crippen molar-refractivity contribution in [3.63, 3.8) is 0 Å². The highest BCUT2D eigenvalue weighted by Gasteiger charge is 2.37. The molecule has 1 aromatic rings. The van der Waals surface area contributed by atoms with Crippen LogP contribution in [0.4, 0.5) is 26.3 Å². The molecule has 0 saturated heterocycles. The van der Waals surface area contributed by atoms with Gasteiger partial charge in [0.1, 0.15) is 0 Å². The average Bonchev–Trinajstić information content (AvgIpc) is 2.45. The Hall–Kier alpha value is -1.73. The lowest BCUT2D eigenvalue weighted by atomic mass is 10.00. The number of halogens is 6. The van der Waals surface area contributed by atoms with E-state index in [0.717, 1.165) is 4.90 Å². The Morgan fingerprint density at radius 2 is 1.32 bits per heavy atom. The topological polar surface area (TPSA) is 20.3 Å². The quantitative estimate of drug-likeness (QED) is 0.570. The summed E-state index contributed by atoms with van der Waals surface area (Å²) in [4.78, 5) is 11.5. The molecule has 1 aromatic carbocycles. The molecule has 0 aliphatic heterocycles. The van der Waals surface area contributed by atoms with Crippen LogP contribution in [0.1, 0.15) is 43.5 Å². The Morgan fingerprint density at radius 3 is 1.59 bits per heavy atom. The first-order chi connectivity index (χ1) is 9.96. The number of hydrogen-bond acceptors (Lipinski definition) is 1. The lowest BCUT2D eigenvalue weighted by Gasteiger charge is -2.23. The van der Waals surface area contributed by atoms with E-state index in [1.54, 1.807) is 0 Å². The maximum Gasteiger partial charge on any atom is 0.416 e. The molecule has 0 saturated carbocycles. The minimum atomic E-state index is -4.89. The summed E-state index contributed by atoms with van der Waals surface area (Å²) in [6.45, 7) is 5.34. The smallest absolute Gasteiger partial charge is 0.342 e. The van der Waals surface area contributed by atoms with Gasteiger partial charge in [0, 0.05) is 7.05 Å². The molecule has 0 N–H and O–H groups in total. The molecule has 0 aliphatic carbocycles. The standard InChI is InChI=1S/C12H11F6NO.C2H6/c1-7(19(2)6-20)8-3-9(11(13,14)15)5-10(4-8)12(16,17)18;1-2/h3-7H,1-2H3;1-2H3/t7-;/m1./s1. The Labute approximate surface area is 124 Å². The van der Waals surface area contributed by atoms with Gasteiger partial charge in [-0.2, -0.15) is 26.3 Å².